The molecular weight excluding hydrogens is 445 g/mol. The van der Waals surface area contributed by atoms with Crippen molar-refractivity contribution in [2.75, 3.05) is 0 Å². The topological polar surface area (TPSA) is 20.2 Å². The third-order valence-electron chi connectivity index (χ3n) is 2.74. The molecule has 0 radical (unpaired) electrons. The van der Waals surface area contributed by atoms with Gasteiger partial charge in [0.05, 0.1) is 6.10 Å². The highest BCUT2D eigenvalue weighted by Gasteiger charge is 2.15. The lowest BCUT2D eigenvalue weighted by molar-refractivity contribution is 0.176. The summed E-state index contributed by atoms with van der Waals surface area (Å²) < 4.78 is 15.5. The van der Waals surface area contributed by atoms with Gasteiger partial charge in [-0.1, -0.05) is 27.5 Å². The Labute approximate surface area is 138 Å². The first-order chi connectivity index (χ1) is 8.97. The molecule has 0 aliphatic carbocycles. The minimum Gasteiger partial charge on any atom is -0.388 e. The van der Waals surface area contributed by atoms with Gasteiger partial charge in [0, 0.05) is 19.5 Å². The standard InChI is InChI=1S/C14H10BrClFIO/c15-9-1-4-13(18)11(7-9)14(19)6-8-5-10(16)2-3-12(8)17/h1-5,7,14,19H,6H2. The van der Waals surface area contributed by atoms with Gasteiger partial charge < -0.3 is 5.11 Å². The van der Waals surface area contributed by atoms with Gasteiger partial charge in [-0.15, -0.1) is 0 Å². The van der Waals surface area contributed by atoms with Crippen LogP contribution in [0.5, 0.6) is 0 Å². The summed E-state index contributed by atoms with van der Waals surface area (Å²) in [7, 11) is 0. The molecule has 0 aliphatic rings. The SMILES string of the molecule is OC(Cc1cc(Cl)ccc1F)c1cc(Br)ccc1I. The maximum absolute atomic E-state index is 13.6. The van der Waals surface area contributed by atoms with Gasteiger partial charge in [0.2, 0.25) is 0 Å². The zero-order valence-electron chi connectivity index (χ0n) is 9.71. The molecule has 1 N–H and O–H groups in total. The third kappa shape index (κ3) is 3.90. The first kappa shape index (κ1) is 15.2. The molecule has 0 heterocycles. The van der Waals surface area contributed by atoms with E-state index in [0.717, 1.165) is 13.6 Å². The van der Waals surface area contributed by atoms with Gasteiger partial charge in [-0.3, -0.25) is 0 Å². The summed E-state index contributed by atoms with van der Waals surface area (Å²) in [4.78, 5) is 0. The Morgan fingerprint density at radius 1 is 1.26 bits per heavy atom. The molecule has 2 rings (SSSR count). The van der Waals surface area contributed by atoms with Crippen LogP contribution in [0, 0.1) is 9.39 Å². The highest BCUT2D eigenvalue weighted by Crippen LogP contribution is 2.28. The van der Waals surface area contributed by atoms with Gasteiger partial charge in [0.15, 0.2) is 0 Å². The zero-order chi connectivity index (χ0) is 14.0. The van der Waals surface area contributed by atoms with E-state index in [1.807, 2.05) is 18.2 Å². The first-order valence-corrected chi connectivity index (χ1v) is 7.79. The fourth-order valence-electron chi connectivity index (χ4n) is 1.79. The van der Waals surface area contributed by atoms with Gasteiger partial charge >= 0.3 is 0 Å². The Morgan fingerprint density at radius 2 is 2.00 bits per heavy atom. The molecule has 1 unspecified atom stereocenters. The van der Waals surface area contributed by atoms with Gasteiger partial charge in [0.1, 0.15) is 5.82 Å². The third-order valence-corrected chi connectivity index (χ3v) is 4.45. The maximum Gasteiger partial charge on any atom is 0.126 e. The molecule has 0 bridgehead atoms. The molecule has 0 spiro atoms. The number of aliphatic hydroxyl groups is 1. The summed E-state index contributed by atoms with van der Waals surface area (Å²) in [6.07, 6.45) is -0.573. The van der Waals surface area contributed by atoms with Crippen molar-refractivity contribution in [2.24, 2.45) is 0 Å². The average Bonchev–Trinajstić information content (AvgIpc) is 2.36. The van der Waals surface area contributed by atoms with E-state index in [2.05, 4.69) is 38.5 Å². The molecule has 0 amide bonds. The number of benzene rings is 2. The molecule has 5 heteroatoms. The van der Waals surface area contributed by atoms with Crippen molar-refractivity contribution in [3.05, 3.63) is 66.4 Å². The number of hydrogen-bond acceptors (Lipinski definition) is 1. The van der Waals surface area contributed by atoms with E-state index in [4.69, 9.17) is 11.6 Å². The van der Waals surface area contributed by atoms with Crippen LogP contribution >= 0.6 is 50.1 Å². The lowest BCUT2D eigenvalue weighted by Crippen LogP contribution is -2.05. The van der Waals surface area contributed by atoms with Crippen LogP contribution in [0.3, 0.4) is 0 Å². The van der Waals surface area contributed by atoms with Crippen LogP contribution in [0.15, 0.2) is 40.9 Å². The molecule has 0 fully saturated rings. The Balaban J connectivity index is 2.27. The molecule has 19 heavy (non-hydrogen) atoms. The molecule has 0 aliphatic heterocycles. The molecule has 0 saturated carbocycles. The smallest absolute Gasteiger partial charge is 0.126 e. The molecule has 1 nitrogen and oxygen atoms in total. The summed E-state index contributed by atoms with van der Waals surface area (Å²) in [6, 6.07) is 10.0. The summed E-state index contributed by atoms with van der Waals surface area (Å²) in [5.41, 5.74) is 1.19. The van der Waals surface area contributed by atoms with Crippen LogP contribution < -0.4 is 0 Å². The molecule has 1 atom stereocenters. The van der Waals surface area contributed by atoms with Crippen molar-refractivity contribution >= 4 is 50.1 Å². The van der Waals surface area contributed by atoms with E-state index >= 15 is 0 Å². The second-order valence-corrected chi connectivity index (χ2v) is 6.64. The van der Waals surface area contributed by atoms with Crippen molar-refractivity contribution < 1.29 is 9.50 Å². The van der Waals surface area contributed by atoms with Crippen LogP contribution in [0.1, 0.15) is 17.2 Å². The fourth-order valence-corrected chi connectivity index (χ4v) is 3.06. The molecule has 2 aromatic carbocycles. The average molecular weight is 455 g/mol. The fraction of sp³-hybridized carbons (Fsp3) is 0.143. The highest BCUT2D eigenvalue weighted by molar-refractivity contribution is 14.1. The second-order valence-electron chi connectivity index (χ2n) is 4.12. The maximum atomic E-state index is 13.6. The summed E-state index contributed by atoms with van der Waals surface area (Å²) >= 11 is 11.4. The lowest BCUT2D eigenvalue weighted by atomic mass is 10.0. The Hall–Kier alpha value is -0.170. The zero-order valence-corrected chi connectivity index (χ0v) is 14.2. The van der Waals surface area contributed by atoms with Gasteiger partial charge in [-0.25, -0.2) is 4.39 Å². The van der Waals surface area contributed by atoms with Crippen molar-refractivity contribution in [1.82, 2.24) is 0 Å². The Kier molecular flexibility index (Phi) is 5.22. The summed E-state index contributed by atoms with van der Waals surface area (Å²) in [5, 5.41) is 10.7. The predicted molar refractivity (Wildman–Crippen MR) is 86.9 cm³/mol. The van der Waals surface area contributed by atoms with Crippen molar-refractivity contribution in [3.63, 3.8) is 0 Å². The predicted octanol–water partition coefficient (Wildman–Crippen LogP) is 5.12. The summed E-state index contributed by atoms with van der Waals surface area (Å²) in [5.74, 6) is -0.353. The van der Waals surface area contributed by atoms with Gasteiger partial charge in [0.25, 0.3) is 0 Å². The Bertz CT molecular complexity index is 606. The normalized spacial score (nSPS) is 12.5. The Morgan fingerprint density at radius 3 is 2.74 bits per heavy atom. The van der Waals surface area contributed by atoms with Crippen LogP contribution in [-0.4, -0.2) is 5.11 Å². The minimum atomic E-state index is -0.766. The van der Waals surface area contributed by atoms with E-state index in [-0.39, 0.29) is 12.2 Å². The summed E-state index contributed by atoms with van der Waals surface area (Å²) in [6.45, 7) is 0. The lowest BCUT2D eigenvalue weighted by Gasteiger charge is -2.14. The molecule has 0 aromatic heterocycles. The molecular formula is C14H10BrClFIO. The van der Waals surface area contributed by atoms with Crippen LogP contribution in [0.25, 0.3) is 0 Å². The van der Waals surface area contributed by atoms with Crippen molar-refractivity contribution in [1.29, 1.82) is 0 Å². The largest absolute Gasteiger partial charge is 0.388 e. The van der Waals surface area contributed by atoms with Crippen LogP contribution in [0.2, 0.25) is 5.02 Å². The second kappa shape index (κ2) is 6.52. The van der Waals surface area contributed by atoms with E-state index in [0.29, 0.717) is 10.6 Å². The first-order valence-electron chi connectivity index (χ1n) is 5.54. The number of rotatable bonds is 3. The van der Waals surface area contributed by atoms with E-state index in [9.17, 15) is 9.50 Å². The van der Waals surface area contributed by atoms with E-state index in [1.165, 1.54) is 12.1 Å². The van der Waals surface area contributed by atoms with E-state index < -0.39 is 6.10 Å². The van der Waals surface area contributed by atoms with Crippen molar-refractivity contribution in [3.8, 4) is 0 Å². The molecule has 2 aromatic rings. The number of halogens is 4. The quantitative estimate of drug-likeness (QED) is 0.637. The number of hydrogen-bond donors (Lipinski definition) is 1. The monoisotopic (exact) mass is 454 g/mol. The van der Waals surface area contributed by atoms with Gasteiger partial charge in [-0.05, 0) is 70.1 Å². The van der Waals surface area contributed by atoms with Crippen molar-refractivity contribution in [2.45, 2.75) is 12.5 Å². The minimum absolute atomic E-state index is 0.193. The number of aliphatic hydroxyl groups excluding tert-OH is 1. The molecule has 100 valence electrons. The van der Waals surface area contributed by atoms with Crippen LogP contribution in [-0.2, 0) is 6.42 Å². The van der Waals surface area contributed by atoms with Gasteiger partial charge in [-0.2, -0.15) is 0 Å². The van der Waals surface area contributed by atoms with Crippen LogP contribution in [0.4, 0.5) is 4.39 Å². The highest BCUT2D eigenvalue weighted by atomic mass is 127. The molecule has 0 saturated heterocycles. The van der Waals surface area contributed by atoms with E-state index in [1.54, 1.807) is 6.07 Å².